The molecule has 1 atom stereocenters. The lowest BCUT2D eigenvalue weighted by Gasteiger charge is -2.15. The second-order valence-corrected chi connectivity index (χ2v) is 5.08. The van der Waals surface area contributed by atoms with E-state index in [2.05, 4.69) is 40.5 Å². The Hall–Kier alpha value is -2.40. The third-order valence-corrected chi connectivity index (χ3v) is 3.59. The standard InChI is InChI=1S/C16H19N5/c1-13(16-17-9-11-20(16)2)18-12-14-6-3-4-7-15(14)21-10-5-8-19-21/h3-11,13,18H,12H2,1-2H3. The number of hydrogen-bond acceptors (Lipinski definition) is 3. The summed E-state index contributed by atoms with van der Waals surface area (Å²) in [5.41, 5.74) is 2.31. The molecule has 0 bridgehead atoms. The van der Waals surface area contributed by atoms with Crippen molar-refractivity contribution in [1.29, 1.82) is 0 Å². The lowest BCUT2D eigenvalue weighted by Crippen LogP contribution is -2.21. The van der Waals surface area contributed by atoms with Gasteiger partial charge >= 0.3 is 0 Å². The second-order valence-electron chi connectivity index (χ2n) is 5.08. The lowest BCUT2D eigenvalue weighted by atomic mass is 10.1. The molecule has 1 aromatic carbocycles. The number of rotatable bonds is 5. The molecule has 2 aromatic heterocycles. The SMILES string of the molecule is CC(NCc1ccccc1-n1cccn1)c1nccn1C. The second kappa shape index (κ2) is 5.93. The van der Waals surface area contributed by atoms with Gasteiger partial charge in [0.1, 0.15) is 5.82 Å². The molecule has 3 rings (SSSR count). The fraction of sp³-hybridized carbons (Fsp3) is 0.250. The van der Waals surface area contributed by atoms with Gasteiger partial charge in [-0.05, 0) is 24.6 Å². The van der Waals surface area contributed by atoms with E-state index in [1.54, 1.807) is 6.20 Å². The van der Waals surface area contributed by atoms with Gasteiger partial charge in [0.15, 0.2) is 0 Å². The molecular weight excluding hydrogens is 262 g/mol. The summed E-state index contributed by atoms with van der Waals surface area (Å²) in [4.78, 5) is 4.38. The molecule has 3 aromatic rings. The van der Waals surface area contributed by atoms with Crippen molar-refractivity contribution in [3.63, 3.8) is 0 Å². The van der Waals surface area contributed by atoms with Gasteiger partial charge in [-0.15, -0.1) is 0 Å². The van der Waals surface area contributed by atoms with E-state index in [-0.39, 0.29) is 6.04 Å². The summed E-state index contributed by atoms with van der Waals surface area (Å²) in [6.45, 7) is 2.89. The van der Waals surface area contributed by atoms with Crippen molar-refractivity contribution in [1.82, 2.24) is 24.6 Å². The maximum atomic E-state index is 4.38. The number of aromatic nitrogens is 4. The first-order chi connectivity index (χ1) is 10.3. The molecule has 0 aliphatic heterocycles. The van der Waals surface area contributed by atoms with Gasteiger partial charge in [0, 0.05) is 38.4 Å². The molecule has 0 radical (unpaired) electrons. The van der Waals surface area contributed by atoms with Crippen LogP contribution < -0.4 is 5.32 Å². The van der Waals surface area contributed by atoms with Crippen LogP contribution in [0.1, 0.15) is 24.4 Å². The third kappa shape index (κ3) is 2.87. The first kappa shape index (κ1) is 13.6. The van der Waals surface area contributed by atoms with Gasteiger partial charge in [-0.25, -0.2) is 9.67 Å². The average molecular weight is 281 g/mol. The van der Waals surface area contributed by atoms with Crippen molar-refractivity contribution in [3.8, 4) is 5.69 Å². The van der Waals surface area contributed by atoms with Gasteiger partial charge in [0.25, 0.3) is 0 Å². The Labute approximate surface area is 124 Å². The molecule has 5 nitrogen and oxygen atoms in total. The summed E-state index contributed by atoms with van der Waals surface area (Å²) in [5, 5.41) is 7.83. The number of hydrogen-bond donors (Lipinski definition) is 1. The van der Waals surface area contributed by atoms with Crippen LogP contribution in [-0.2, 0) is 13.6 Å². The van der Waals surface area contributed by atoms with E-state index < -0.39 is 0 Å². The third-order valence-electron chi connectivity index (χ3n) is 3.59. The predicted molar refractivity (Wildman–Crippen MR) is 82.0 cm³/mol. The molecule has 2 heterocycles. The van der Waals surface area contributed by atoms with Crippen molar-refractivity contribution >= 4 is 0 Å². The Bertz CT molecular complexity index is 699. The average Bonchev–Trinajstić information content (AvgIpc) is 3.16. The quantitative estimate of drug-likeness (QED) is 0.781. The maximum absolute atomic E-state index is 4.38. The van der Waals surface area contributed by atoms with Gasteiger partial charge in [-0.3, -0.25) is 0 Å². The van der Waals surface area contributed by atoms with Crippen LogP contribution in [0.15, 0.2) is 55.1 Å². The smallest absolute Gasteiger partial charge is 0.125 e. The molecule has 0 fully saturated rings. The zero-order valence-electron chi connectivity index (χ0n) is 12.3. The van der Waals surface area contributed by atoms with E-state index in [9.17, 15) is 0 Å². The molecule has 5 heteroatoms. The molecule has 108 valence electrons. The minimum Gasteiger partial charge on any atom is -0.337 e. The molecule has 1 N–H and O–H groups in total. The first-order valence-corrected chi connectivity index (χ1v) is 7.04. The first-order valence-electron chi connectivity index (χ1n) is 7.04. The van der Waals surface area contributed by atoms with Gasteiger partial charge in [0.05, 0.1) is 11.7 Å². The zero-order chi connectivity index (χ0) is 14.7. The van der Waals surface area contributed by atoms with Gasteiger partial charge in [-0.2, -0.15) is 5.10 Å². The van der Waals surface area contributed by atoms with Crippen molar-refractivity contribution < 1.29 is 0 Å². The van der Waals surface area contributed by atoms with Crippen LogP contribution in [0.4, 0.5) is 0 Å². The van der Waals surface area contributed by atoms with Crippen LogP contribution >= 0.6 is 0 Å². The summed E-state index contributed by atoms with van der Waals surface area (Å²) < 4.78 is 3.93. The Morgan fingerprint density at radius 3 is 2.71 bits per heavy atom. The summed E-state index contributed by atoms with van der Waals surface area (Å²) in [7, 11) is 2.01. The Morgan fingerprint density at radius 1 is 1.14 bits per heavy atom. The monoisotopic (exact) mass is 281 g/mol. The number of aryl methyl sites for hydroxylation is 1. The van der Waals surface area contributed by atoms with Crippen molar-refractivity contribution in [2.45, 2.75) is 19.5 Å². The van der Waals surface area contributed by atoms with Crippen LogP contribution in [0.3, 0.4) is 0 Å². The van der Waals surface area contributed by atoms with Crippen LogP contribution in [0, 0.1) is 0 Å². The lowest BCUT2D eigenvalue weighted by molar-refractivity contribution is 0.529. The summed E-state index contributed by atoms with van der Waals surface area (Å²) in [6.07, 6.45) is 7.54. The molecule has 0 aliphatic carbocycles. The van der Waals surface area contributed by atoms with Gasteiger partial charge in [0.2, 0.25) is 0 Å². The molecule has 21 heavy (non-hydrogen) atoms. The number of nitrogens with one attached hydrogen (secondary N) is 1. The maximum Gasteiger partial charge on any atom is 0.125 e. The molecule has 0 saturated heterocycles. The number of imidazole rings is 1. The van der Waals surface area contributed by atoms with Gasteiger partial charge < -0.3 is 9.88 Å². The predicted octanol–water partition coefficient (Wildman–Crippen LogP) is 2.46. The van der Waals surface area contributed by atoms with Crippen LogP contribution in [-0.4, -0.2) is 19.3 Å². The fourth-order valence-corrected chi connectivity index (χ4v) is 2.44. The van der Waals surface area contributed by atoms with Crippen molar-refractivity contribution in [2.75, 3.05) is 0 Å². The fourth-order valence-electron chi connectivity index (χ4n) is 2.44. The molecule has 1 unspecified atom stereocenters. The van der Waals surface area contributed by atoms with Crippen LogP contribution in [0.5, 0.6) is 0 Å². The van der Waals surface area contributed by atoms with E-state index in [0.29, 0.717) is 0 Å². The molecule has 0 aliphatic rings. The minimum absolute atomic E-state index is 0.190. The minimum atomic E-state index is 0.190. The highest BCUT2D eigenvalue weighted by atomic mass is 15.3. The number of para-hydroxylation sites is 1. The zero-order valence-corrected chi connectivity index (χ0v) is 12.3. The van der Waals surface area contributed by atoms with Gasteiger partial charge in [-0.1, -0.05) is 18.2 Å². The van der Waals surface area contributed by atoms with Crippen LogP contribution in [0.2, 0.25) is 0 Å². The highest BCUT2D eigenvalue weighted by Crippen LogP contribution is 2.15. The largest absolute Gasteiger partial charge is 0.337 e. The van der Waals surface area contributed by atoms with E-state index in [1.165, 1.54) is 5.56 Å². The Kier molecular flexibility index (Phi) is 3.83. The Balaban J connectivity index is 1.76. The summed E-state index contributed by atoms with van der Waals surface area (Å²) in [5.74, 6) is 1.03. The normalized spacial score (nSPS) is 12.5. The Morgan fingerprint density at radius 2 is 2.00 bits per heavy atom. The number of benzene rings is 1. The summed E-state index contributed by atoms with van der Waals surface area (Å²) >= 11 is 0. The van der Waals surface area contributed by atoms with Crippen molar-refractivity contribution in [2.24, 2.45) is 7.05 Å². The number of nitrogens with zero attached hydrogens (tertiary/aromatic N) is 4. The highest BCUT2D eigenvalue weighted by molar-refractivity contribution is 5.40. The molecule has 0 saturated carbocycles. The molecule has 0 spiro atoms. The highest BCUT2D eigenvalue weighted by Gasteiger charge is 2.11. The van der Waals surface area contributed by atoms with E-state index in [0.717, 1.165) is 18.1 Å². The van der Waals surface area contributed by atoms with Crippen molar-refractivity contribution in [3.05, 3.63) is 66.5 Å². The van der Waals surface area contributed by atoms with Crippen LogP contribution in [0.25, 0.3) is 5.69 Å². The molecule has 0 amide bonds. The summed E-state index contributed by atoms with van der Waals surface area (Å²) in [6, 6.07) is 10.4. The van der Waals surface area contributed by atoms with E-state index in [1.807, 2.05) is 47.0 Å². The van der Waals surface area contributed by atoms with E-state index in [4.69, 9.17) is 0 Å². The molecular formula is C16H19N5. The van der Waals surface area contributed by atoms with E-state index >= 15 is 0 Å². The topological polar surface area (TPSA) is 47.7 Å².